The maximum absolute atomic E-state index is 12.6. The van der Waals surface area contributed by atoms with Crippen LogP contribution in [0.5, 0.6) is 0 Å². The predicted octanol–water partition coefficient (Wildman–Crippen LogP) is 2.15. The zero-order valence-corrected chi connectivity index (χ0v) is 13.8. The molecular weight excluding hydrogens is 261 g/mol. The second-order valence-corrected chi connectivity index (χ2v) is 9.27. The summed E-state index contributed by atoms with van der Waals surface area (Å²) in [5.41, 5.74) is -0.262. The lowest BCUT2D eigenvalue weighted by atomic mass is 9.77. The molecule has 0 aromatic heterocycles. The van der Waals surface area contributed by atoms with Gasteiger partial charge < -0.3 is 9.31 Å². The Morgan fingerprint density at radius 1 is 1.37 bits per heavy atom. The molecule has 2 aliphatic rings. The summed E-state index contributed by atoms with van der Waals surface area (Å²) in [5.74, 6) is 0.115. The second-order valence-electron chi connectivity index (χ2n) is 7.08. The molecule has 19 heavy (non-hydrogen) atoms. The third-order valence-electron chi connectivity index (χ3n) is 4.04. The van der Waals surface area contributed by atoms with Crippen LogP contribution in [0.1, 0.15) is 54.4 Å². The molecule has 0 N–H and O–H groups in total. The molecule has 0 bridgehead atoms. The molecule has 2 saturated heterocycles. The van der Waals surface area contributed by atoms with Gasteiger partial charge in [-0.3, -0.25) is 0 Å². The van der Waals surface area contributed by atoms with Crippen LogP contribution in [-0.2, 0) is 20.3 Å². The molecule has 2 fully saturated rings. The first kappa shape index (κ1) is 15.5. The van der Waals surface area contributed by atoms with Gasteiger partial charge in [-0.05, 0) is 54.4 Å². The Morgan fingerprint density at radius 2 is 2.00 bits per heavy atom. The van der Waals surface area contributed by atoms with Gasteiger partial charge in [0.15, 0.2) is 0 Å². The van der Waals surface area contributed by atoms with Crippen LogP contribution in [0.4, 0.5) is 0 Å². The van der Waals surface area contributed by atoms with Crippen LogP contribution < -0.4 is 0 Å². The van der Waals surface area contributed by atoms with Gasteiger partial charge in [0.25, 0.3) is 0 Å². The van der Waals surface area contributed by atoms with Crippen molar-refractivity contribution in [3.05, 3.63) is 0 Å². The van der Waals surface area contributed by atoms with Crippen molar-refractivity contribution in [2.24, 2.45) is 0 Å². The molecule has 0 amide bonds. The molecule has 0 saturated carbocycles. The van der Waals surface area contributed by atoms with Crippen LogP contribution in [-0.4, -0.2) is 44.6 Å². The fourth-order valence-electron chi connectivity index (χ4n) is 2.55. The summed E-state index contributed by atoms with van der Waals surface area (Å²) in [7, 11) is -1.25. The molecule has 0 aliphatic carbocycles. The molecule has 0 aromatic rings. The number of hydrogen-bond acceptors (Lipinski definition) is 3. The van der Waals surface area contributed by atoms with E-state index in [2.05, 4.69) is 18.2 Å². The molecule has 0 radical (unpaired) electrons. The van der Waals surface area contributed by atoms with Gasteiger partial charge in [-0.2, -0.15) is 0 Å². The fraction of sp³-hybridized carbons (Fsp3) is 1.00. The molecule has 0 spiro atoms. The quantitative estimate of drug-likeness (QED) is 0.731. The maximum Gasteiger partial charge on any atom is 0.477 e. The lowest BCUT2D eigenvalue weighted by Crippen LogP contribution is -2.48. The van der Waals surface area contributed by atoms with Crippen molar-refractivity contribution in [2.45, 2.75) is 76.8 Å². The number of rotatable bonds is 2. The highest BCUT2D eigenvalue weighted by Crippen LogP contribution is 2.34. The van der Waals surface area contributed by atoms with Crippen LogP contribution in [0, 0.1) is 0 Å². The van der Waals surface area contributed by atoms with E-state index in [-0.39, 0.29) is 29.5 Å². The fourth-order valence-corrected chi connectivity index (χ4v) is 4.00. The first-order chi connectivity index (χ1) is 8.63. The molecule has 110 valence electrons. The molecule has 3 atom stereocenters. The summed E-state index contributed by atoms with van der Waals surface area (Å²) < 4.78 is 26.4. The summed E-state index contributed by atoms with van der Waals surface area (Å²) >= 11 is 0. The van der Waals surface area contributed by atoms with E-state index in [1.54, 1.807) is 0 Å². The predicted molar refractivity (Wildman–Crippen MR) is 79.1 cm³/mol. The third kappa shape index (κ3) is 3.07. The lowest BCUT2D eigenvalue weighted by Gasteiger charge is -2.31. The Hall–Kier alpha value is 0.0949. The normalized spacial score (nSPS) is 33.9. The van der Waals surface area contributed by atoms with Crippen molar-refractivity contribution in [3.8, 4) is 0 Å². The largest absolute Gasteiger partial charge is 0.477 e. The van der Waals surface area contributed by atoms with Gasteiger partial charge in [0.2, 0.25) is 0 Å². The molecule has 2 aliphatic heterocycles. The van der Waals surface area contributed by atoms with Crippen LogP contribution in [0.25, 0.3) is 0 Å². The van der Waals surface area contributed by atoms with Gasteiger partial charge in [-0.15, -0.1) is 0 Å². The smallest absolute Gasteiger partial charge is 0.405 e. The third-order valence-corrected chi connectivity index (χ3v) is 5.96. The van der Waals surface area contributed by atoms with Gasteiger partial charge in [0.05, 0.1) is 33.4 Å². The van der Waals surface area contributed by atoms with E-state index >= 15 is 0 Å². The van der Waals surface area contributed by atoms with E-state index in [1.165, 1.54) is 0 Å². The first-order valence-corrected chi connectivity index (χ1v) is 8.25. The average Bonchev–Trinajstić information content (AvgIpc) is 2.82. The van der Waals surface area contributed by atoms with Gasteiger partial charge in [-0.1, -0.05) is 0 Å². The van der Waals surface area contributed by atoms with Crippen molar-refractivity contribution >= 4 is 18.1 Å². The lowest BCUT2D eigenvalue weighted by molar-refractivity contribution is 0.0835. The van der Waals surface area contributed by atoms with E-state index in [4.69, 9.17) is 9.31 Å². The SMILES string of the molecule is CC1OB([C@@H]2CCCN2[S@](=O)C(C)(C)C)OC1(C)C. The number of nitrogens with zero attached hydrogens (tertiary/aromatic N) is 1. The van der Waals surface area contributed by atoms with Crippen molar-refractivity contribution in [2.75, 3.05) is 6.54 Å². The average molecular weight is 287 g/mol. The maximum atomic E-state index is 12.6. The zero-order valence-electron chi connectivity index (χ0n) is 12.9. The topological polar surface area (TPSA) is 38.8 Å². The van der Waals surface area contributed by atoms with Gasteiger partial charge in [0, 0.05) is 6.54 Å². The van der Waals surface area contributed by atoms with E-state index in [0.717, 1.165) is 19.4 Å². The van der Waals surface area contributed by atoms with Crippen molar-refractivity contribution < 1.29 is 13.5 Å². The van der Waals surface area contributed by atoms with Gasteiger partial charge in [0.1, 0.15) is 0 Å². The van der Waals surface area contributed by atoms with Crippen LogP contribution >= 0.6 is 0 Å². The van der Waals surface area contributed by atoms with E-state index in [1.807, 2.05) is 27.7 Å². The molecule has 2 rings (SSSR count). The Labute approximate surface area is 119 Å². The summed E-state index contributed by atoms with van der Waals surface area (Å²) in [6.45, 7) is 13.1. The Balaban J connectivity index is 2.11. The van der Waals surface area contributed by atoms with Crippen LogP contribution in [0.2, 0.25) is 0 Å². The number of hydrogen-bond donors (Lipinski definition) is 0. The minimum absolute atomic E-state index is 0.0722. The molecule has 6 heteroatoms. The first-order valence-electron chi connectivity index (χ1n) is 7.15. The monoisotopic (exact) mass is 287 g/mol. The summed E-state index contributed by atoms with van der Waals surface area (Å²) in [5, 5.41) is 0. The van der Waals surface area contributed by atoms with E-state index in [9.17, 15) is 4.21 Å². The van der Waals surface area contributed by atoms with E-state index in [0.29, 0.717) is 0 Å². The molecule has 4 nitrogen and oxygen atoms in total. The summed E-state index contributed by atoms with van der Waals surface area (Å²) in [4.78, 5) is 0. The van der Waals surface area contributed by atoms with Crippen molar-refractivity contribution in [3.63, 3.8) is 0 Å². The van der Waals surface area contributed by atoms with Crippen LogP contribution in [0.3, 0.4) is 0 Å². The van der Waals surface area contributed by atoms with Crippen molar-refractivity contribution in [1.29, 1.82) is 0 Å². The van der Waals surface area contributed by atoms with Crippen molar-refractivity contribution in [1.82, 2.24) is 4.31 Å². The van der Waals surface area contributed by atoms with Gasteiger partial charge >= 0.3 is 7.12 Å². The minimum Gasteiger partial charge on any atom is -0.405 e. The highest BCUT2D eigenvalue weighted by atomic mass is 32.2. The highest BCUT2D eigenvalue weighted by molar-refractivity contribution is 7.84. The summed E-state index contributed by atoms with van der Waals surface area (Å²) in [6, 6.07) is 0. The van der Waals surface area contributed by atoms with Gasteiger partial charge in [-0.25, -0.2) is 8.51 Å². The zero-order chi connectivity index (χ0) is 14.4. The molecule has 0 aromatic carbocycles. The Morgan fingerprint density at radius 3 is 2.47 bits per heavy atom. The summed E-state index contributed by atoms with van der Waals surface area (Å²) in [6.07, 6.45) is 2.13. The van der Waals surface area contributed by atoms with E-state index < -0.39 is 11.0 Å². The minimum atomic E-state index is -1.00. The highest BCUT2D eigenvalue weighted by Gasteiger charge is 2.51. The Bertz CT molecular complexity index is 369. The molecular formula is C13H26BNO3S. The second kappa shape index (κ2) is 5.13. The van der Waals surface area contributed by atoms with Crippen LogP contribution in [0.15, 0.2) is 0 Å². The Kier molecular flexibility index (Phi) is 4.18. The molecule has 2 heterocycles. The standard InChI is InChI=1S/C13H26BNO3S/c1-10-13(5,6)18-14(17-10)11-8-7-9-15(11)19(16)12(2,3)4/h10-11H,7-9H2,1-6H3/t10?,11-,19+/m0/s1. The molecule has 1 unspecified atom stereocenters.